The van der Waals surface area contributed by atoms with Gasteiger partial charge >= 0.3 is 0 Å². The first kappa shape index (κ1) is 12.0. The summed E-state index contributed by atoms with van der Waals surface area (Å²) in [6.45, 7) is 3.32. The van der Waals surface area contributed by atoms with Gasteiger partial charge in [0.05, 0.1) is 0 Å². The summed E-state index contributed by atoms with van der Waals surface area (Å²) in [6, 6.07) is 7.14. The van der Waals surface area contributed by atoms with Crippen molar-refractivity contribution in [1.29, 1.82) is 0 Å². The Morgan fingerprint density at radius 3 is 2.61 bits per heavy atom. The number of aryl methyl sites for hydroxylation is 1. The Kier molecular flexibility index (Phi) is 3.02. The fourth-order valence-electron chi connectivity index (χ4n) is 2.50. The number of rotatable bonds is 5. The number of benzene rings is 1. The Morgan fingerprint density at radius 2 is 2.06 bits per heavy atom. The van der Waals surface area contributed by atoms with Gasteiger partial charge in [0.15, 0.2) is 0 Å². The number of nitrogens with zero attached hydrogens (tertiary/aromatic N) is 1. The van der Waals surface area contributed by atoms with E-state index in [0.717, 1.165) is 17.5 Å². The van der Waals surface area contributed by atoms with Crippen LogP contribution in [0.2, 0.25) is 0 Å². The van der Waals surface area contributed by atoms with Crippen molar-refractivity contribution in [1.82, 2.24) is 0 Å². The quantitative estimate of drug-likeness (QED) is 0.825. The molecule has 96 valence electrons. The lowest BCUT2D eigenvalue weighted by molar-refractivity contribution is 0.718. The first-order chi connectivity index (χ1) is 8.65. The second kappa shape index (κ2) is 4.54. The van der Waals surface area contributed by atoms with Gasteiger partial charge in [-0.05, 0) is 56.2 Å². The molecule has 0 bridgehead atoms. The van der Waals surface area contributed by atoms with Gasteiger partial charge in [0, 0.05) is 23.8 Å². The summed E-state index contributed by atoms with van der Waals surface area (Å²) in [4.78, 5) is 3.07. The van der Waals surface area contributed by atoms with Crippen LogP contribution in [0.3, 0.4) is 0 Å². The van der Waals surface area contributed by atoms with Gasteiger partial charge in [0.2, 0.25) is 0 Å². The first-order valence-corrected chi connectivity index (χ1v) is 7.23. The van der Waals surface area contributed by atoms with E-state index in [4.69, 9.17) is 18.0 Å². The number of hydrogen-bond donors (Lipinski definition) is 1. The predicted octanol–water partition coefficient (Wildman–Crippen LogP) is 3.01. The molecule has 0 aromatic heterocycles. The topological polar surface area (TPSA) is 29.3 Å². The van der Waals surface area contributed by atoms with Crippen molar-refractivity contribution in [3.63, 3.8) is 0 Å². The molecule has 0 radical (unpaired) electrons. The highest BCUT2D eigenvalue weighted by Gasteiger charge is 2.34. The normalized spacial score (nSPS) is 18.7. The van der Waals surface area contributed by atoms with Crippen LogP contribution < -0.4 is 10.6 Å². The Morgan fingerprint density at radius 1 is 1.33 bits per heavy atom. The zero-order valence-corrected chi connectivity index (χ0v) is 11.7. The monoisotopic (exact) mass is 260 g/mol. The van der Waals surface area contributed by atoms with Crippen molar-refractivity contribution in [3.05, 3.63) is 29.3 Å². The second-order valence-corrected chi connectivity index (χ2v) is 6.15. The molecule has 1 aromatic carbocycles. The number of thiocarbonyl (C=S) groups is 1. The Hall–Kier alpha value is -1.09. The standard InChI is InChI=1S/C15H20N2S/c1-10-2-7-13(15(16)18)14(8-10)17(12-5-6-12)9-11-3-4-11/h2,7-8,11-12H,3-6,9H2,1H3,(H2,16,18). The largest absolute Gasteiger partial charge is 0.389 e. The van der Waals surface area contributed by atoms with Crippen LogP contribution in [0.5, 0.6) is 0 Å². The average Bonchev–Trinajstić information content (AvgIpc) is 3.18. The molecule has 2 aliphatic rings. The molecule has 0 unspecified atom stereocenters. The van der Waals surface area contributed by atoms with Crippen LogP contribution in [0.15, 0.2) is 18.2 Å². The van der Waals surface area contributed by atoms with E-state index in [1.807, 2.05) is 0 Å². The molecular weight excluding hydrogens is 240 g/mol. The third-order valence-corrected chi connectivity index (χ3v) is 4.09. The summed E-state index contributed by atoms with van der Waals surface area (Å²) in [6.07, 6.45) is 5.41. The molecule has 2 N–H and O–H groups in total. The molecule has 0 heterocycles. The minimum atomic E-state index is 0.520. The second-order valence-electron chi connectivity index (χ2n) is 5.71. The molecular formula is C15H20N2S. The maximum Gasteiger partial charge on any atom is 0.106 e. The fourth-order valence-corrected chi connectivity index (χ4v) is 2.67. The third-order valence-electron chi connectivity index (χ3n) is 3.87. The zero-order valence-electron chi connectivity index (χ0n) is 10.9. The van der Waals surface area contributed by atoms with Gasteiger partial charge in [0.1, 0.15) is 4.99 Å². The van der Waals surface area contributed by atoms with E-state index in [2.05, 4.69) is 30.0 Å². The summed E-state index contributed by atoms with van der Waals surface area (Å²) < 4.78 is 0. The zero-order chi connectivity index (χ0) is 12.7. The third kappa shape index (κ3) is 2.51. The van der Waals surface area contributed by atoms with Gasteiger partial charge in [-0.2, -0.15) is 0 Å². The van der Waals surface area contributed by atoms with Crippen molar-refractivity contribution < 1.29 is 0 Å². The minimum absolute atomic E-state index is 0.520. The van der Waals surface area contributed by atoms with Crippen LogP contribution in [0.4, 0.5) is 5.69 Å². The number of hydrogen-bond acceptors (Lipinski definition) is 2. The van der Waals surface area contributed by atoms with Crippen molar-refractivity contribution >= 4 is 22.9 Å². The van der Waals surface area contributed by atoms with Crippen LogP contribution in [-0.4, -0.2) is 17.6 Å². The molecule has 2 aliphatic carbocycles. The number of anilines is 1. The lowest BCUT2D eigenvalue weighted by atomic mass is 10.1. The van der Waals surface area contributed by atoms with Gasteiger partial charge < -0.3 is 10.6 Å². The van der Waals surface area contributed by atoms with Crippen molar-refractivity contribution in [3.8, 4) is 0 Å². The smallest absolute Gasteiger partial charge is 0.106 e. The molecule has 1 aromatic rings. The molecule has 2 fully saturated rings. The Balaban J connectivity index is 1.95. The molecule has 0 aliphatic heterocycles. The highest BCUT2D eigenvalue weighted by atomic mass is 32.1. The molecule has 3 heteroatoms. The van der Waals surface area contributed by atoms with Crippen molar-refractivity contribution in [2.45, 2.75) is 38.6 Å². The Labute approximate surface area is 114 Å². The summed E-state index contributed by atoms with van der Waals surface area (Å²) >= 11 is 5.20. The van der Waals surface area contributed by atoms with Gasteiger partial charge in [-0.15, -0.1) is 0 Å². The van der Waals surface area contributed by atoms with Gasteiger partial charge in [0.25, 0.3) is 0 Å². The maximum atomic E-state index is 5.87. The van der Waals surface area contributed by atoms with E-state index >= 15 is 0 Å². The Bertz CT molecular complexity index is 475. The first-order valence-electron chi connectivity index (χ1n) is 6.82. The molecule has 18 heavy (non-hydrogen) atoms. The summed E-state index contributed by atoms with van der Waals surface area (Å²) in [5.41, 5.74) is 9.46. The average molecular weight is 260 g/mol. The maximum absolute atomic E-state index is 5.87. The molecule has 2 nitrogen and oxygen atoms in total. The highest BCUT2D eigenvalue weighted by molar-refractivity contribution is 7.80. The van der Waals surface area contributed by atoms with Crippen LogP contribution in [0, 0.1) is 12.8 Å². The van der Waals surface area contributed by atoms with E-state index in [-0.39, 0.29) is 0 Å². The SMILES string of the molecule is Cc1ccc(C(N)=S)c(N(CC2CC2)C2CC2)c1. The molecule has 2 saturated carbocycles. The fraction of sp³-hybridized carbons (Fsp3) is 0.533. The molecule has 0 spiro atoms. The van der Waals surface area contributed by atoms with E-state index in [1.54, 1.807) is 0 Å². The predicted molar refractivity (Wildman–Crippen MR) is 80.2 cm³/mol. The van der Waals surface area contributed by atoms with Crippen LogP contribution in [0.25, 0.3) is 0 Å². The molecule has 3 rings (SSSR count). The lowest BCUT2D eigenvalue weighted by Crippen LogP contribution is -2.30. The van der Waals surface area contributed by atoms with Crippen LogP contribution in [-0.2, 0) is 0 Å². The molecule has 0 saturated heterocycles. The summed E-state index contributed by atoms with van der Waals surface area (Å²) in [5, 5.41) is 0. The van der Waals surface area contributed by atoms with Crippen molar-refractivity contribution in [2.24, 2.45) is 11.7 Å². The van der Waals surface area contributed by atoms with E-state index in [1.165, 1.54) is 43.5 Å². The molecule has 0 amide bonds. The van der Waals surface area contributed by atoms with Gasteiger partial charge in [-0.25, -0.2) is 0 Å². The highest BCUT2D eigenvalue weighted by Crippen LogP contribution is 2.39. The van der Waals surface area contributed by atoms with Gasteiger partial charge in [-0.3, -0.25) is 0 Å². The van der Waals surface area contributed by atoms with Crippen LogP contribution in [0.1, 0.15) is 36.8 Å². The van der Waals surface area contributed by atoms with E-state index < -0.39 is 0 Å². The van der Waals surface area contributed by atoms with Crippen molar-refractivity contribution in [2.75, 3.05) is 11.4 Å². The van der Waals surface area contributed by atoms with E-state index in [0.29, 0.717) is 4.99 Å². The summed E-state index contributed by atoms with van der Waals surface area (Å²) in [5.74, 6) is 0.894. The van der Waals surface area contributed by atoms with E-state index in [9.17, 15) is 0 Å². The molecule has 0 atom stereocenters. The van der Waals surface area contributed by atoms with Crippen LogP contribution >= 0.6 is 12.2 Å². The lowest BCUT2D eigenvalue weighted by Gasteiger charge is -2.27. The summed E-state index contributed by atoms with van der Waals surface area (Å²) in [7, 11) is 0. The van der Waals surface area contributed by atoms with Gasteiger partial charge in [-0.1, -0.05) is 18.3 Å². The number of nitrogens with two attached hydrogens (primary N) is 1. The minimum Gasteiger partial charge on any atom is -0.389 e.